The summed E-state index contributed by atoms with van der Waals surface area (Å²) in [6, 6.07) is 6.40. The number of alkyl halides is 3. The lowest BCUT2D eigenvalue weighted by atomic mass is 10.1. The Morgan fingerprint density at radius 2 is 1.96 bits per heavy atom. The van der Waals surface area contributed by atoms with Gasteiger partial charge in [0.25, 0.3) is 0 Å². The van der Waals surface area contributed by atoms with Gasteiger partial charge in [-0.25, -0.2) is 4.99 Å². The number of benzene rings is 1. The molecule has 0 heterocycles. The smallest absolute Gasteiger partial charge is 0.422 e. The summed E-state index contributed by atoms with van der Waals surface area (Å²) in [6.45, 7) is 2.43. The van der Waals surface area contributed by atoms with Gasteiger partial charge in [-0.15, -0.1) is 0 Å². The molecule has 0 spiro atoms. The van der Waals surface area contributed by atoms with Gasteiger partial charge in [0.2, 0.25) is 0 Å². The number of rotatable bonds is 7. The molecule has 1 fully saturated rings. The Balaban J connectivity index is 1.85. The minimum Gasteiger partial charge on any atom is -0.484 e. The topological polar surface area (TPSA) is 65.9 Å². The molecule has 1 aliphatic carbocycles. The van der Waals surface area contributed by atoms with E-state index in [1.54, 1.807) is 12.1 Å². The summed E-state index contributed by atoms with van der Waals surface area (Å²) in [6.07, 6.45) is -1.70. The van der Waals surface area contributed by atoms with Crippen molar-refractivity contribution in [2.45, 2.75) is 45.0 Å². The van der Waals surface area contributed by atoms with Gasteiger partial charge in [-0.05, 0) is 37.5 Å². The molecule has 5 nitrogen and oxygen atoms in total. The molecule has 2 atom stereocenters. The van der Waals surface area contributed by atoms with Crippen LogP contribution in [0.5, 0.6) is 5.75 Å². The van der Waals surface area contributed by atoms with E-state index < -0.39 is 12.8 Å². The Kier molecular flexibility index (Phi) is 7.56. The summed E-state index contributed by atoms with van der Waals surface area (Å²) >= 11 is 0. The van der Waals surface area contributed by atoms with Crippen molar-refractivity contribution in [1.29, 1.82) is 0 Å². The molecule has 146 valence electrons. The molecule has 1 aromatic carbocycles. The Hall–Kier alpha value is -1.96. The summed E-state index contributed by atoms with van der Waals surface area (Å²) in [5.41, 5.74) is 0.863. The van der Waals surface area contributed by atoms with Crippen LogP contribution in [0.2, 0.25) is 0 Å². The van der Waals surface area contributed by atoms with Crippen molar-refractivity contribution in [3.8, 4) is 5.75 Å². The van der Waals surface area contributed by atoms with E-state index in [1.165, 1.54) is 12.1 Å². The Morgan fingerprint density at radius 3 is 2.54 bits per heavy atom. The highest BCUT2D eigenvalue weighted by molar-refractivity contribution is 5.79. The second-order valence-corrected chi connectivity index (χ2v) is 6.38. The summed E-state index contributed by atoms with van der Waals surface area (Å²) in [5.74, 6) is 1.07. The van der Waals surface area contributed by atoms with Gasteiger partial charge in [-0.3, -0.25) is 0 Å². The highest BCUT2D eigenvalue weighted by Gasteiger charge is 2.28. The van der Waals surface area contributed by atoms with Crippen molar-refractivity contribution in [2.75, 3.05) is 19.7 Å². The summed E-state index contributed by atoms with van der Waals surface area (Å²) in [5, 5.41) is 16.3. The molecule has 3 N–H and O–H groups in total. The highest BCUT2D eigenvalue weighted by Crippen LogP contribution is 2.24. The Morgan fingerprint density at radius 1 is 1.23 bits per heavy atom. The van der Waals surface area contributed by atoms with Crippen LogP contribution in [0.25, 0.3) is 0 Å². The van der Waals surface area contributed by atoms with Crippen molar-refractivity contribution >= 4 is 5.96 Å². The molecule has 0 radical (unpaired) electrons. The molecule has 0 bridgehead atoms. The van der Waals surface area contributed by atoms with Gasteiger partial charge in [0.1, 0.15) is 5.75 Å². The van der Waals surface area contributed by atoms with E-state index in [9.17, 15) is 18.3 Å². The molecule has 8 heteroatoms. The van der Waals surface area contributed by atoms with Gasteiger partial charge in [0, 0.05) is 19.0 Å². The van der Waals surface area contributed by atoms with Gasteiger partial charge in [0.05, 0.1) is 12.6 Å². The van der Waals surface area contributed by atoms with Crippen molar-refractivity contribution in [3.63, 3.8) is 0 Å². The SMILES string of the molecule is CCNC(=NCc1ccc(OCC(F)(F)F)cc1)NCC1CCCC1O. The standard InChI is InChI=1S/C18H26F3N3O2/c1-2-22-17(24-11-14-4-3-5-16(14)25)23-10-13-6-8-15(9-7-13)26-12-18(19,20)21/h6-9,14,16,25H,2-5,10-12H2,1H3,(H2,22,23,24). The van der Waals surface area contributed by atoms with Crippen molar-refractivity contribution < 1.29 is 23.0 Å². The quantitative estimate of drug-likeness (QED) is 0.508. The highest BCUT2D eigenvalue weighted by atomic mass is 19.4. The maximum Gasteiger partial charge on any atom is 0.422 e. The molecule has 2 rings (SSSR count). The number of aliphatic hydroxyl groups is 1. The first-order chi connectivity index (χ1) is 12.4. The molecule has 1 aliphatic rings. The van der Waals surface area contributed by atoms with E-state index in [-0.39, 0.29) is 17.8 Å². The molecule has 0 saturated heterocycles. The molecular weight excluding hydrogens is 347 g/mol. The minimum absolute atomic E-state index is 0.176. The molecule has 2 unspecified atom stereocenters. The normalized spacial score (nSPS) is 20.9. The summed E-state index contributed by atoms with van der Waals surface area (Å²) in [7, 11) is 0. The van der Waals surface area contributed by atoms with Crippen LogP contribution < -0.4 is 15.4 Å². The lowest BCUT2D eigenvalue weighted by molar-refractivity contribution is -0.153. The number of guanidine groups is 1. The first kappa shape index (κ1) is 20.4. The lowest BCUT2D eigenvalue weighted by Gasteiger charge is -2.17. The number of aliphatic imine (C=N–C) groups is 1. The number of ether oxygens (including phenoxy) is 1. The maximum absolute atomic E-state index is 12.1. The third kappa shape index (κ3) is 7.11. The summed E-state index contributed by atoms with van der Waals surface area (Å²) < 4.78 is 41.1. The third-order valence-corrected chi connectivity index (χ3v) is 4.24. The van der Waals surface area contributed by atoms with Crippen LogP contribution in [0.3, 0.4) is 0 Å². The second-order valence-electron chi connectivity index (χ2n) is 6.38. The van der Waals surface area contributed by atoms with Crippen molar-refractivity contribution in [1.82, 2.24) is 10.6 Å². The summed E-state index contributed by atoms with van der Waals surface area (Å²) in [4.78, 5) is 4.48. The zero-order valence-electron chi connectivity index (χ0n) is 14.9. The fourth-order valence-corrected chi connectivity index (χ4v) is 2.85. The largest absolute Gasteiger partial charge is 0.484 e. The molecule has 0 aliphatic heterocycles. The molecular formula is C18H26F3N3O2. The first-order valence-corrected chi connectivity index (χ1v) is 8.86. The van der Waals surface area contributed by atoms with Crippen LogP contribution in [0.15, 0.2) is 29.3 Å². The number of aliphatic hydroxyl groups excluding tert-OH is 1. The average Bonchev–Trinajstić information content (AvgIpc) is 3.01. The third-order valence-electron chi connectivity index (χ3n) is 4.24. The molecule has 0 amide bonds. The molecule has 0 aromatic heterocycles. The van der Waals surface area contributed by atoms with Gasteiger partial charge in [-0.2, -0.15) is 13.2 Å². The lowest BCUT2D eigenvalue weighted by Crippen LogP contribution is -2.41. The first-order valence-electron chi connectivity index (χ1n) is 8.86. The van der Waals surface area contributed by atoms with Gasteiger partial charge in [-0.1, -0.05) is 18.6 Å². The van der Waals surface area contributed by atoms with Crippen LogP contribution in [-0.4, -0.2) is 43.0 Å². The molecule has 26 heavy (non-hydrogen) atoms. The number of hydrogen-bond donors (Lipinski definition) is 3. The van der Waals surface area contributed by atoms with E-state index in [2.05, 4.69) is 20.4 Å². The fourth-order valence-electron chi connectivity index (χ4n) is 2.85. The number of halogens is 3. The zero-order chi connectivity index (χ0) is 19.0. The van der Waals surface area contributed by atoms with Crippen molar-refractivity contribution in [2.24, 2.45) is 10.9 Å². The Bertz CT molecular complexity index is 576. The van der Waals surface area contributed by atoms with Gasteiger partial charge in [0.15, 0.2) is 12.6 Å². The predicted octanol–water partition coefficient (Wildman–Crippen LogP) is 2.84. The van der Waals surface area contributed by atoms with E-state index in [4.69, 9.17) is 0 Å². The Labute approximate surface area is 151 Å². The van der Waals surface area contributed by atoms with E-state index in [0.29, 0.717) is 25.6 Å². The number of hydrogen-bond acceptors (Lipinski definition) is 3. The van der Waals surface area contributed by atoms with Crippen molar-refractivity contribution in [3.05, 3.63) is 29.8 Å². The van der Waals surface area contributed by atoms with E-state index in [1.807, 2.05) is 6.92 Å². The van der Waals surface area contributed by atoms with Crippen LogP contribution in [0.1, 0.15) is 31.7 Å². The van der Waals surface area contributed by atoms with Crippen LogP contribution in [-0.2, 0) is 6.54 Å². The average molecular weight is 373 g/mol. The number of nitrogens with one attached hydrogen (secondary N) is 2. The van der Waals surface area contributed by atoms with E-state index >= 15 is 0 Å². The van der Waals surface area contributed by atoms with Gasteiger partial charge < -0.3 is 20.5 Å². The monoisotopic (exact) mass is 373 g/mol. The second kappa shape index (κ2) is 9.66. The van der Waals surface area contributed by atoms with Crippen LogP contribution in [0, 0.1) is 5.92 Å². The predicted molar refractivity (Wildman–Crippen MR) is 94.2 cm³/mol. The molecule has 1 aromatic rings. The maximum atomic E-state index is 12.1. The van der Waals surface area contributed by atoms with Crippen LogP contribution in [0.4, 0.5) is 13.2 Å². The fraction of sp³-hybridized carbons (Fsp3) is 0.611. The molecule has 1 saturated carbocycles. The van der Waals surface area contributed by atoms with E-state index in [0.717, 1.165) is 24.8 Å². The van der Waals surface area contributed by atoms with Gasteiger partial charge >= 0.3 is 6.18 Å². The number of nitrogens with zero attached hydrogens (tertiary/aromatic N) is 1. The minimum atomic E-state index is -4.34. The zero-order valence-corrected chi connectivity index (χ0v) is 14.9. The van der Waals surface area contributed by atoms with Crippen LogP contribution >= 0.6 is 0 Å².